The van der Waals surface area contributed by atoms with Crippen molar-refractivity contribution in [2.24, 2.45) is 11.8 Å². The third-order valence-corrected chi connectivity index (χ3v) is 6.35. The molecule has 1 aliphatic carbocycles. The number of halogens is 1. The van der Waals surface area contributed by atoms with Crippen LogP contribution < -0.4 is 10.6 Å². The molecule has 1 saturated carbocycles. The maximum Gasteiger partial charge on any atom is 0.241 e. The summed E-state index contributed by atoms with van der Waals surface area (Å²) in [5.41, 5.74) is 0. The van der Waals surface area contributed by atoms with E-state index in [0.29, 0.717) is 44.3 Å². The van der Waals surface area contributed by atoms with Crippen LogP contribution in [0.15, 0.2) is 0 Å². The average Bonchev–Trinajstić information content (AvgIpc) is 3.02. The summed E-state index contributed by atoms with van der Waals surface area (Å²) >= 11 is 0. The van der Waals surface area contributed by atoms with E-state index < -0.39 is 14.6 Å². The second kappa shape index (κ2) is 5.97. The molecule has 1 heterocycles. The van der Waals surface area contributed by atoms with Crippen LogP contribution in [0.4, 0.5) is 0 Å². The molecule has 0 bridgehead atoms. The smallest absolute Gasteiger partial charge is 0.241 e. The van der Waals surface area contributed by atoms with E-state index in [-0.39, 0.29) is 18.3 Å². The van der Waals surface area contributed by atoms with E-state index >= 15 is 0 Å². The summed E-state index contributed by atoms with van der Waals surface area (Å²) in [7, 11) is -3.38. The van der Waals surface area contributed by atoms with Crippen molar-refractivity contribution in [1.29, 1.82) is 0 Å². The van der Waals surface area contributed by atoms with Crippen LogP contribution in [0.25, 0.3) is 0 Å². The van der Waals surface area contributed by atoms with Crippen LogP contribution in [0.1, 0.15) is 26.2 Å². The number of sulfone groups is 1. The Hall–Kier alpha value is -0.330. The lowest BCUT2D eigenvalue weighted by Gasteiger charge is -2.34. The summed E-state index contributed by atoms with van der Waals surface area (Å²) in [6.45, 7) is 3.93. The lowest BCUT2D eigenvalue weighted by atomic mass is 9.96. The van der Waals surface area contributed by atoms with Gasteiger partial charge in [-0.25, -0.2) is 8.42 Å². The van der Waals surface area contributed by atoms with Gasteiger partial charge in [-0.05, 0) is 44.2 Å². The Kier molecular flexibility index (Phi) is 5.26. The van der Waals surface area contributed by atoms with Gasteiger partial charge in [0.05, 0.1) is 0 Å². The molecule has 2 atom stereocenters. The number of nitrogens with one attached hydrogen (secondary N) is 2. The van der Waals surface area contributed by atoms with Gasteiger partial charge >= 0.3 is 0 Å². The normalized spacial score (nSPS) is 29.2. The molecule has 2 fully saturated rings. The van der Waals surface area contributed by atoms with Crippen LogP contribution in [0.5, 0.6) is 0 Å². The lowest BCUT2D eigenvalue weighted by Crippen LogP contribution is -2.57. The van der Waals surface area contributed by atoms with Gasteiger partial charge in [-0.3, -0.25) is 4.79 Å². The van der Waals surface area contributed by atoms with E-state index in [4.69, 9.17) is 0 Å². The zero-order chi connectivity index (χ0) is 13.4. The van der Waals surface area contributed by atoms with Crippen molar-refractivity contribution in [3.05, 3.63) is 0 Å². The molecular formula is C12H23ClN2O3S. The van der Waals surface area contributed by atoms with Crippen molar-refractivity contribution >= 4 is 28.2 Å². The molecule has 1 amide bonds. The quantitative estimate of drug-likeness (QED) is 0.785. The zero-order valence-electron chi connectivity index (χ0n) is 11.4. The molecule has 2 aliphatic rings. The second-order valence-corrected chi connectivity index (χ2v) is 8.03. The third-order valence-electron chi connectivity index (χ3n) is 4.34. The van der Waals surface area contributed by atoms with Gasteiger partial charge < -0.3 is 10.6 Å². The van der Waals surface area contributed by atoms with Crippen LogP contribution in [0, 0.1) is 11.8 Å². The minimum absolute atomic E-state index is 0. The van der Waals surface area contributed by atoms with Crippen LogP contribution in [-0.2, 0) is 14.6 Å². The van der Waals surface area contributed by atoms with E-state index in [1.165, 1.54) is 6.26 Å². The summed E-state index contributed by atoms with van der Waals surface area (Å²) in [6.07, 6.45) is 3.06. The van der Waals surface area contributed by atoms with E-state index in [9.17, 15) is 13.2 Å². The molecule has 2 rings (SSSR count). The van der Waals surface area contributed by atoms with Crippen molar-refractivity contribution in [1.82, 2.24) is 10.6 Å². The highest BCUT2D eigenvalue weighted by Crippen LogP contribution is 2.37. The molecular weight excluding hydrogens is 288 g/mol. The van der Waals surface area contributed by atoms with Crippen LogP contribution in [0.3, 0.4) is 0 Å². The SMILES string of the molecule is CC1CC1CNC(=O)C1(S(C)(=O)=O)CCNCC1.Cl. The van der Waals surface area contributed by atoms with Gasteiger partial charge in [0.2, 0.25) is 5.91 Å². The Labute approximate surface area is 121 Å². The maximum atomic E-state index is 12.3. The summed E-state index contributed by atoms with van der Waals surface area (Å²) in [5.74, 6) is 0.894. The average molecular weight is 311 g/mol. The van der Waals surface area contributed by atoms with E-state index in [1.54, 1.807) is 0 Å². The fraction of sp³-hybridized carbons (Fsp3) is 0.917. The highest BCUT2D eigenvalue weighted by Gasteiger charge is 2.49. The molecule has 0 aromatic carbocycles. The summed E-state index contributed by atoms with van der Waals surface area (Å²) in [5, 5.41) is 5.95. The molecule has 0 spiro atoms. The van der Waals surface area contributed by atoms with Gasteiger partial charge in [-0.1, -0.05) is 6.92 Å². The third kappa shape index (κ3) is 3.41. The minimum atomic E-state index is -3.38. The van der Waals surface area contributed by atoms with Crippen LogP contribution >= 0.6 is 12.4 Å². The van der Waals surface area contributed by atoms with Gasteiger partial charge in [0.1, 0.15) is 0 Å². The highest BCUT2D eigenvalue weighted by molar-refractivity contribution is 7.92. The van der Waals surface area contributed by atoms with Gasteiger partial charge in [-0.15, -0.1) is 12.4 Å². The van der Waals surface area contributed by atoms with Gasteiger partial charge in [0.25, 0.3) is 0 Å². The maximum absolute atomic E-state index is 12.3. The molecule has 0 radical (unpaired) electrons. The van der Waals surface area contributed by atoms with E-state index in [0.717, 1.165) is 6.42 Å². The molecule has 19 heavy (non-hydrogen) atoms. The molecule has 7 heteroatoms. The first-order valence-electron chi connectivity index (χ1n) is 6.55. The number of carbonyl (C=O) groups excluding carboxylic acids is 1. The highest BCUT2D eigenvalue weighted by atomic mass is 35.5. The van der Waals surface area contributed by atoms with Crippen molar-refractivity contribution in [3.63, 3.8) is 0 Å². The largest absolute Gasteiger partial charge is 0.354 e. The molecule has 5 nitrogen and oxygen atoms in total. The standard InChI is InChI=1S/C12H22N2O3S.ClH/c1-9-7-10(9)8-14-11(15)12(18(2,16)17)3-5-13-6-4-12;/h9-10,13H,3-8H2,1-2H3,(H,14,15);1H. The van der Waals surface area contributed by atoms with Crippen molar-refractivity contribution in [2.45, 2.75) is 30.9 Å². The number of hydrogen-bond donors (Lipinski definition) is 2. The molecule has 112 valence electrons. The first kappa shape index (κ1) is 16.7. The lowest BCUT2D eigenvalue weighted by molar-refractivity contribution is -0.124. The molecule has 2 N–H and O–H groups in total. The van der Waals surface area contributed by atoms with E-state index in [1.807, 2.05) is 0 Å². The monoisotopic (exact) mass is 310 g/mol. The number of rotatable bonds is 4. The predicted octanol–water partition coefficient (Wildman–Crippen LogP) is 0.347. The van der Waals surface area contributed by atoms with Crippen molar-refractivity contribution in [3.8, 4) is 0 Å². The second-order valence-electron chi connectivity index (χ2n) is 5.70. The molecule has 1 saturated heterocycles. The summed E-state index contributed by atoms with van der Waals surface area (Å²) in [4.78, 5) is 12.3. The Morgan fingerprint density at radius 3 is 2.32 bits per heavy atom. The first-order valence-corrected chi connectivity index (χ1v) is 8.44. The first-order chi connectivity index (χ1) is 8.37. The number of piperidine rings is 1. The zero-order valence-corrected chi connectivity index (χ0v) is 13.1. The Morgan fingerprint density at radius 1 is 1.37 bits per heavy atom. The van der Waals surface area contributed by atoms with Crippen molar-refractivity contribution < 1.29 is 13.2 Å². The summed E-state index contributed by atoms with van der Waals surface area (Å²) in [6, 6.07) is 0. The molecule has 2 unspecified atom stereocenters. The minimum Gasteiger partial charge on any atom is -0.354 e. The van der Waals surface area contributed by atoms with Crippen molar-refractivity contribution in [2.75, 3.05) is 25.9 Å². The summed E-state index contributed by atoms with van der Waals surface area (Å²) < 4.78 is 22.8. The fourth-order valence-electron chi connectivity index (χ4n) is 2.67. The Balaban J connectivity index is 0.00000180. The van der Waals surface area contributed by atoms with Crippen LogP contribution in [-0.4, -0.2) is 45.0 Å². The van der Waals surface area contributed by atoms with Gasteiger partial charge in [-0.2, -0.15) is 0 Å². The number of amides is 1. The molecule has 0 aromatic rings. The fourth-order valence-corrected chi connectivity index (χ4v) is 4.02. The molecule has 0 aromatic heterocycles. The number of hydrogen-bond acceptors (Lipinski definition) is 4. The molecule has 1 aliphatic heterocycles. The van der Waals surface area contributed by atoms with E-state index in [2.05, 4.69) is 17.6 Å². The topological polar surface area (TPSA) is 75.3 Å². The Bertz CT molecular complexity index is 432. The number of carbonyl (C=O) groups is 1. The Morgan fingerprint density at radius 2 is 1.89 bits per heavy atom. The van der Waals surface area contributed by atoms with Crippen LogP contribution in [0.2, 0.25) is 0 Å². The van der Waals surface area contributed by atoms with Gasteiger partial charge in [0.15, 0.2) is 14.6 Å². The van der Waals surface area contributed by atoms with Gasteiger partial charge in [0, 0.05) is 12.8 Å². The predicted molar refractivity (Wildman–Crippen MR) is 77.2 cm³/mol.